The van der Waals surface area contributed by atoms with Gasteiger partial charge in [0, 0.05) is 30.5 Å². The minimum atomic E-state index is -4.78. The van der Waals surface area contributed by atoms with Crippen molar-refractivity contribution in [3.05, 3.63) is 58.7 Å². The van der Waals surface area contributed by atoms with Crippen molar-refractivity contribution >= 4 is 10.0 Å². The average Bonchev–Trinajstić information content (AvgIpc) is 3.32. The summed E-state index contributed by atoms with van der Waals surface area (Å²) in [4.78, 5) is 0. The predicted molar refractivity (Wildman–Crippen MR) is 124 cm³/mol. The van der Waals surface area contributed by atoms with Crippen molar-refractivity contribution in [1.82, 2.24) is 14.1 Å². The van der Waals surface area contributed by atoms with Crippen LogP contribution in [-0.2, 0) is 16.4 Å². The first-order valence-electron chi connectivity index (χ1n) is 12.1. The van der Waals surface area contributed by atoms with E-state index in [4.69, 9.17) is 0 Å². The summed E-state index contributed by atoms with van der Waals surface area (Å²) in [7, 11) is -4.48. The van der Waals surface area contributed by atoms with Gasteiger partial charge in [0.2, 0.25) is 10.0 Å². The molecular formula is C25H29F4N3O2S. The molecule has 1 saturated carbocycles. The van der Waals surface area contributed by atoms with Gasteiger partial charge in [-0.2, -0.15) is 22.6 Å². The minimum absolute atomic E-state index is 0.0222. The standard InChI is InChI=1S/C25H29F4N3O2S/c1-15-22-12-30-32(20-8-6-19(26)7-9-20)23(22)11-18-5-10-21(24(15)18)16(2)31(13-17-3-4-17)35(33,34)14-25(27,28)29/h6-9,12,15-17,21H,3-5,10-11,13-14H2,1-2H3/t15-,16?,21-/m0/s1. The fourth-order valence-corrected chi connectivity index (χ4v) is 7.56. The maximum absolute atomic E-state index is 13.4. The molecule has 3 aliphatic rings. The molecule has 1 aromatic heterocycles. The second-order valence-corrected chi connectivity index (χ2v) is 12.1. The Morgan fingerprint density at radius 3 is 2.49 bits per heavy atom. The molecular weight excluding hydrogens is 482 g/mol. The Morgan fingerprint density at radius 1 is 1.17 bits per heavy atom. The number of hydrogen-bond donors (Lipinski definition) is 0. The molecule has 0 spiro atoms. The van der Waals surface area contributed by atoms with Crippen molar-refractivity contribution in [2.75, 3.05) is 12.3 Å². The van der Waals surface area contributed by atoms with Gasteiger partial charge < -0.3 is 0 Å². The van der Waals surface area contributed by atoms with E-state index < -0.39 is 28.0 Å². The van der Waals surface area contributed by atoms with Crippen molar-refractivity contribution in [1.29, 1.82) is 0 Å². The largest absolute Gasteiger partial charge is 0.404 e. The quantitative estimate of drug-likeness (QED) is 0.371. The molecule has 0 bridgehead atoms. The highest BCUT2D eigenvalue weighted by atomic mass is 32.2. The van der Waals surface area contributed by atoms with E-state index in [1.807, 2.05) is 4.68 Å². The Hall–Kier alpha value is -2.20. The van der Waals surface area contributed by atoms with Crippen LogP contribution in [0.4, 0.5) is 17.6 Å². The Kier molecular flexibility index (Phi) is 6.11. The van der Waals surface area contributed by atoms with Gasteiger partial charge in [0.05, 0.1) is 17.6 Å². The second-order valence-electron chi connectivity index (χ2n) is 10.2. The van der Waals surface area contributed by atoms with E-state index in [9.17, 15) is 26.0 Å². The van der Waals surface area contributed by atoms with Gasteiger partial charge in [0.25, 0.3) is 0 Å². The molecule has 0 radical (unpaired) electrons. The van der Waals surface area contributed by atoms with Gasteiger partial charge in [-0.05, 0) is 68.7 Å². The van der Waals surface area contributed by atoms with Gasteiger partial charge in [-0.1, -0.05) is 18.1 Å². The number of nitrogens with zero attached hydrogens (tertiary/aromatic N) is 3. The number of allylic oxidation sites excluding steroid dienone is 1. The molecule has 3 aliphatic carbocycles. The lowest BCUT2D eigenvalue weighted by Crippen LogP contribution is -2.47. The van der Waals surface area contributed by atoms with Crippen LogP contribution < -0.4 is 0 Å². The molecule has 0 amide bonds. The van der Waals surface area contributed by atoms with Crippen LogP contribution >= 0.6 is 0 Å². The van der Waals surface area contributed by atoms with Gasteiger partial charge in [0.1, 0.15) is 5.82 Å². The van der Waals surface area contributed by atoms with Crippen LogP contribution in [0.15, 0.2) is 41.6 Å². The van der Waals surface area contributed by atoms with E-state index in [0.29, 0.717) is 12.8 Å². The van der Waals surface area contributed by atoms with E-state index >= 15 is 0 Å². The zero-order valence-electron chi connectivity index (χ0n) is 19.7. The summed E-state index contributed by atoms with van der Waals surface area (Å²) in [5, 5.41) is 4.54. The zero-order chi connectivity index (χ0) is 25.1. The monoisotopic (exact) mass is 511 g/mol. The highest BCUT2D eigenvalue weighted by molar-refractivity contribution is 7.89. The van der Waals surface area contributed by atoms with E-state index in [0.717, 1.165) is 46.1 Å². The van der Waals surface area contributed by atoms with Crippen molar-refractivity contribution in [2.45, 2.75) is 64.1 Å². The number of sulfonamides is 1. The number of benzene rings is 1. The molecule has 35 heavy (non-hydrogen) atoms. The SMILES string of the molecule is CC([C@@H]1CCC2=C1[C@@H](C)c1cnn(-c3ccc(F)cc3)c1C2)N(CC1CC1)S(=O)(=O)CC(F)(F)F. The normalized spacial score (nSPS) is 23.5. The van der Waals surface area contributed by atoms with Crippen LogP contribution in [-0.4, -0.2) is 47.0 Å². The summed E-state index contributed by atoms with van der Waals surface area (Å²) in [5.41, 5.74) is 5.17. The van der Waals surface area contributed by atoms with Crippen molar-refractivity contribution in [2.24, 2.45) is 11.8 Å². The third-order valence-electron chi connectivity index (χ3n) is 7.73. The first-order chi connectivity index (χ1) is 16.4. The number of alkyl halides is 3. The number of rotatable bonds is 7. The van der Waals surface area contributed by atoms with Crippen LogP contribution in [0.5, 0.6) is 0 Å². The third-order valence-corrected chi connectivity index (χ3v) is 9.61. The molecule has 3 atom stereocenters. The summed E-state index contributed by atoms with van der Waals surface area (Å²) < 4.78 is 81.5. The maximum atomic E-state index is 13.4. The van der Waals surface area contributed by atoms with Crippen LogP contribution in [0, 0.1) is 17.7 Å². The molecule has 2 aromatic rings. The molecule has 10 heteroatoms. The Balaban J connectivity index is 1.44. The van der Waals surface area contributed by atoms with E-state index in [-0.39, 0.29) is 30.1 Å². The molecule has 5 nitrogen and oxygen atoms in total. The number of halogens is 4. The summed E-state index contributed by atoms with van der Waals surface area (Å²) in [6, 6.07) is 5.59. The van der Waals surface area contributed by atoms with Gasteiger partial charge in [-0.15, -0.1) is 0 Å². The van der Waals surface area contributed by atoms with Crippen LogP contribution in [0.1, 0.15) is 56.7 Å². The summed E-state index contributed by atoms with van der Waals surface area (Å²) in [6.45, 7) is 3.98. The molecule has 190 valence electrons. The van der Waals surface area contributed by atoms with Gasteiger partial charge in [-0.25, -0.2) is 17.5 Å². The molecule has 0 saturated heterocycles. The zero-order valence-corrected chi connectivity index (χ0v) is 20.5. The van der Waals surface area contributed by atoms with Gasteiger partial charge in [-0.3, -0.25) is 0 Å². The van der Waals surface area contributed by atoms with Gasteiger partial charge in [0.15, 0.2) is 5.75 Å². The lowest BCUT2D eigenvalue weighted by molar-refractivity contribution is -0.107. The number of hydrogen-bond acceptors (Lipinski definition) is 3. The predicted octanol–water partition coefficient (Wildman–Crippen LogP) is 5.37. The topological polar surface area (TPSA) is 55.2 Å². The minimum Gasteiger partial charge on any atom is -0.237 e. The van der Waals surface area contributed by atoms with Crippen molar-refractivity contribution in [3.63, 3.8) is 0 Å². The highest BCUT2D eigenvalue weighted by Gasteiger charge is 2.46. The fraction of sp³-hybridized carbons (Fsp3) is 0.560. The van der Waals surface area contributed by atoms with E-state index in [2.05, 4.69) is 12.0 Å². The molecule has 1 fully saturated rings. The van der Waals surface area contributed by atoms with Crippen molar-refractivity contribution < 1.29 is 26.0 Å². The first kappa shape index (κ1) is 24.5. The fourth-order valence-electron chi connectivity index (χ4n) is 5.89. The summed E-state index contributed by atoms with van der Waals surface area (Å²) >= 11 is 0. The van der Waals surface area contributed by atoms with E-state index in [1.54, 1.807) is 25.3 Å². The molecule has 1 unspecified atom stereocenters. The Bertz CT molecular complexity index is 1250. The average molecular weight is 512 g/mol. The molecule has 1 aromatic carbocycles. The highest BCUT2D eigenvalue weighted by Crippen LogP contribution is 2.49. The van der Waals surface area contributed by atoms with Crippen LogP contribution in [0.25, 0.3) is 5.69 Å². The molecule has 0 aliphatic heterocycles. The molecule has 0 N–H and O–H groups in total. The summed E-state index contributed by atoms with van der Waals surface area (Å²) in [6.07, 6.45) is 0.870. The molecule has 5 rings (SSSR count). The number of fused-ring (bicyclic) bond motifs is 1. The lowest BCUT2D eigenvalue weighted by atomic mass is 9.78. The third kappa shape index (κ3) is 4.79. The Morgan fingerprint density at radius 2 is 1.86 bits per heavy atom. The first-order valence-corrected chi connectivity index (χ1v) is 13.7. The maximum Gasteiger partial charge on any atom is 0.404 e. The number of aromatic nitrogens is 2. The van der Waals surface area contributed by atoms with Crippen LogP contribution in [0.2, 0.25) is 0 Å². The van der Waals surface area contributed by atoms with Crippen LogP contribution in [0.3, 0.4) is 0 Å². The lowest BCUT2D eigenvalue weighted by Gasteiger charge is -2.36. The smallest absolute Gasteiger partial charge is 0.237 e. The van der Waals surface area contributed by atoms with E-state index in [1.165, 1.54) is 17.7 Å². The van der Waals surface area contributed by atoms with Crippen molar-refractivity contribution in [3.8, 4) is 5.69 Å². The summed E-state index contributed by atoms with van der Waals surface area (Å²) in [5.74, 6) is -2.16. The second kappa shape index (κ2) is 8.73. The Labute approximate surface area is 202 Å². The molecule has 1 heterocycles. The van der Waals surface area contributed by atoms with Gasteiger partial charge >= 0.3 is 6.18 Å².